The smallest absolute Gasteiger partial charge is 0.0638 e. The fourth-order valence-corrected chi connectivity index (χ4v) is 1.84. The highest BCUT2D eigenvalue weighted by Crippen LogP contribution is 2.07. The summed E-state index contributed by atoms with van der Waals surface area (Å²) in [5.41, 5.74) is 4.85. The molecule has 1 N–H and O–H groups in total. The Labute approximate surface area is 102 Å². The maximum Gasteiger partial charge on any atom is 0.0638 e. The second kappa shape index (κ2) is 5.10. The van der Waals surface area contributed by atoms with E-state index in [1.54, 1.807) is 0 Å². The van der Waals surface area contributed by atoms with E-state index in [2.05, 4.69) is 28.5 Å². The van der Waals surface area contributed by atoms with Crippen LogP contribution in [0.1, 0.15) is 22.4 Å². The first-order valence-corrected chi connectivity index (χ1v) is 5.76. The van der Waals surface area contributed by atoms with Gasteiger partial charge in [0.1, 0.15) is 0 Å². The lowest BCUT2D eigenvalue weighted by Crippen LogP contribution is -2.13. The monoisotopic (exact) mass is 230 g/mol. The molecule has 0 fully saturated rings. The van der Waals surface area contributed by atoms with Crippen LogP contribution in [0.15, 0.2) is 24.7 Å². The predicted octanol–water partition coefficient (Wildman–Crippen LogP) is 1.72. The SMILES string of the molecule is Cc1ccncc1CNCc1cn(C)nc1C. The summed E-state index contributed by atoms with van der Waals surface area (Å²) in [5, 5.41) is 7.74. The second-order valence-corrected chi connectivity index (χ2v) is 4.32. The molecule has 2 heterocycles. The largest absolute Gasteiger partial charge is 0.308 e. The van der Waals surface area contributed by atoms with Gasteiger partial charge in [0.15, 0.2) is 0 Å². The molecule has 0 aliphatic heterocycles. The predicted molar refractivity (Wildman–Crippen MR) is 67.5 cm³/mol. The topological polar surface area (TPSA) is 42.7 Å². The van der Waals surface area contributed by atoms with Crippen molar-refractivity contribution in [3.8, 4) is 0 Å². The molecule has 0 spiro atoms. The number of nitrogens with zero attached hydrogens (tertiary/aromatic N) is 3. The van der Waals surface area contributed by atoms with E-state index in [1.807, 2.05) is 37.1 Å². The summed E-state index contributed by atoms with van der Waals surface area (Å²) in [6, 6.07) is 2.03. The van der Waals surface area contributed by atoms with Crippen molar-refractivity contribution in [2.45, 2.75) is 26.9 Å². The van der Waals surface area contributed by atoms with Crippen LogP contribution in [0.5, 0.6) is 0 Å². The van der Waals surface area contributed by atoms with E-state index in [0.29, 0.717) is 0 Å². The summed E-state index contributed by atoms with van der Waals surface area (Å²) in [6.45, 7) is 5.82. The number of pyridine rings is 1. The van der Waals surface area contributed by atoms with Gasteiger partial charge in [0, 0.05) is 44.3 Å². The van der Waals surface area contributed by atoms with Gasteiger partial charge in [-0.2, -0.15) is 5.10 Å². The van der Waals surface area contributed by atoms with Gasteiger partial charge in [-0.05, 0) is 31.0 Å². The van der Waals surface area contributed by atoms with Gasteiger partial charge >= 0.3 is 0 Å². The molecule has 0 atom stereocenters. The Morgan fingerprint density at radius 1 is 1.24 bits per heavy atom. The maximum absolute atomic E-state index is 4.32. The molecular formula is C13H18N4. The Morgan fingerprint density at radius 2 is 2.00 bits per heavy atom. The van der Waals surface area contributed by atoms with Crippen LogP contribution in [0.3, 0.4) is 0 Å². The van der Waals surface area contributed by atoms with E-state index in [9.17, 15) is 0 Å². The Balaban J connectivity index is 1.92. The zero-order chi connectivity index (χ0) is 12.3. The van der Waals surface area contributed by atoms with Crippen LogP contribution in [0.4, 0.5) is 0 Å². The number of hydrogen-bond donors (Lipinski definition) is 1. The third-order valence-corrected chi connectivity index (χ3v) is 2.89. The highest BCUT2D eigenvalue weighted by Gasteiger charge is 2.03. The summed E-state index contributed by atoms with van der Waals surface area (Å²) in [4.78, 5) is 4.14. The van der Waals surface area contributed by atoms with E-state index >= 15 is 0 Å². The number of rotatable bonds is 4. The van der Waals surface area contributed by atoms with Gasteiger partial charge < -0.3 is 5.32 Å². The zero-order valence-electron chi connectivity index (χ0n) is 10.6. The molecule has 0 aromatic carbocycles. The number of hydrogen-bond acceptors (Lipinski definition) is 3. The number of aryl methyl sites for hydroxylation is 3. The number of aromatic nitrogens is 3. The van der Waals surface area contributed by atoms with Crippen molar-refractivity contribution in [2.24, 2.45) is 7.05 Å². The van der Waals surface area contributed by atoms with E-state index < -0.39 is 0 Å². The molecule has 0 radical (unpaired) electrons. The van der Waals surface area contributed by atoms with Crippen LogP contribution in [-0.4, -0.2) is 14.8 Å². The summed E-state index contributed by atoms with van der Waals surface area (Å²) >= 11 is 0. The van der Waals surface area contributed by atoms with Gasteiger partial charge in [0.2, 0.25) is 0 Å². The lowest BCUT2D eigenvalue weighted by Gasteiger charge is -2.06. The van der Waals surface area contributed by atoms with Gasteiger partial charge in [-0.3, -0.25) is 9.67 Å². The van der Waals surface area contributed by atoms with E-state index in [1.165, 1.54) is 16.7 Å². The van der Waals surface area contributed by atoms with Crippen molar-refractivity contribution in [1.29, 1.82) is 0 Å². The average Bonchev–Trinajstić information content (AvgIpc) is 2.60. The lowest BCUT2D eigenvalue weighted by atomic mass is 10.1. The van der Waals surface area contributed by atoms with Crippen LogP contribution < -0.4 is 5.32 Å². The fourth-order valence-electron chi connectivity index (χ4n) is 1.84. The molecule has 0 saturated heterocycles. The van der Waals surface area contributed by atoms with Crippen LogP contribution in [0, 0.1) is 13.8 Å². The molecule has 0 aliphatic rings. The summed E-state index contributed by atoms with van der Waals surface area (Å²) in [5.74, 6) is 0. The highest BCUT2D eigenvalue weighted by molar-refractivity contribution is 5.21. The highest BCUT2D eigenvalue weighted by atomic mass is 15.2. The Morgan fingerprint density at radius 3 is 2.65 bits per heavy atom. The molecule has 0 aliphatic carbocycles. The molecule has 0 bridgehead atoms. The molecule has 90 valence electrons. The maximum atomic E-state index is 4.32. The van der Waals surface area contributed by atoms with Gasteiger partial charge in [0.25, 0.3) is 0 Å². The lowest BCUT2D eigenvalue weighted by molar-refractivity contribution is 0.685. The first-order valence-electron chi connectivity index (χ1n) is 5.76. The van der Waals surface area contributed by atoms with Gasteiger partial charge in [-0.25, -0.2) is 0 Å². The number of nitrogens with one attached hydrogen (secondary N) is 1. The standard InChI is InChI=1S/C13H18N4/c1-10-4-5-14-6-12(10)7-15-8-13-9-17(3)16-11(13)2/h4-6,9,15H,7-8H2,1-3H3. The van der Waals surface area contributed by atoms with Gasteiger partial charge in [-0.15, -0.1) is 0 Å². The van der Waals surface area contributed by atoms with Crippen molar-refractivity contribution in [2.75, 3.05) is 0 Å². The third-order valence-electron chi connectivity index (χ3n) is 2.89. The fraction of sp³-hybridized carbons (Fsp3) is 0.385. The van der Waals surface area contributed by atoms with Crippen LogP contribution >= 0.6 is 0 Å². The Kier molecular flexibility index (Phi) is 3.54. The molecule has 2 aromatic rings. The minimum atomic E-state index is 0.841. The van der Waals surface area contributed by atoms with E-state index in [4.69, 9.17) is 0 Å². The van der Waals surface area contributed by atoms with Crippen molar-refractivity contribution in [3.63, 3.8) is 0 Å². The van der Waals surface area contributed by atoms with Crippen molar-refractivity contribution >= 4 is 0 Å². The average molecular weight is 230 g/mol. The normalized spacial score (nSPS) is 10.8. The molecule has 0 saturated carbocycles. The van der Waals surface area contributed by atoms with E-state index in [0.717, 1.165) is 18.8 Å². The minimum absolute atomic E-state index is 0.841. The summed E-state index contributed by atoms with van der Waals surface area (Å²) in [6.07, 6.45) is 5.79. The first-order chi connectivity index (χ1) is 8.16. The Bertz CT molecular complexity index is 502. The van der Waals surface area contributed by atoms with Crippen molar-refractivity contribution in [3.05, 3.63) is 47.0 Å². The van der Waals surface area contributed by atoms with Crippen molar-refractivity contribution in [1.82, 2.24) is 20.1 Å². The van der Waals surface area contributed by atoms with Gasteiger partial charge in [-0.1, -0.05) is 0 Å². The first kappa shape index (κ1) is 11.8. The van der Waals surface area contributed by atoms with Crippen LogP contribution in [0.2, 0.25) is 0 Å². The molecule has 2 rings (SSSR count). The molecule has 17 heavy (non-hydrogen) atoms. The van der Waals surface area contributed by atoms with Crippen LogP contribution in [0.25, 0.3) is 0 Å². The molecule has 0 unspecified atom stereocenters. The molecule has 4 nitrogen and oxygen atoms in total. The quantitative estimate of drug-likeness (QED) is 0.869. The zero-order valence-corrected chi connectivity index (χ0v) is 10.6. The molecule has 0 amide bonds. The second-order valence-electron chi connectivity index (χ2n) is 4.32. The molecule has 2 aromatic heterocycles. The van der Waals surface area contributed by atoms with Crippen molar-refractivity contribution < 1.29 is 0 Å². The summed E-state index contributed by atoms with van der Waals surface area (Å²) < 4.78 is 1.85. The third kappa shape index (κ3) is 2.91. The summed E-state index contributed by atoms with van der Waals surface area (Å²) in [7, 11) is 1.95. The Hall–Kier alpha value is -1.68. The minimum Gasteiger partial charge on any atom is -0.308 e. The molecular weight excluding hydrogens is 212 g/mol. The van der Waals surface area contributed by atoms with Crippen LogP contribution in [-0.2, 0) is 20.1 Å². The molecule has 4 heteroatoms. The van der Waals surface area contributed by atoms with E-state index in [-0.39, 0.29) is 0 Å². The van der Waals surface area contributed by atoms with Gasteiger partial charge in [0.05, 0.1) is 5.69 Å².